The molecule has 0 spiro atoms. The van der Waals surface area contributed by atoms with Crippen LogP contribution in [0.25, 0.3) is 5.69 Å². The van der Waals surface area contributed by atoms with Crippen LogP contribution in [0.3, 0.4) is 0 Å². The number of methoxy groups -OCH3 is 1. The minimum atomic E-state index is 0.192. The number of rotatable bonds is 4. The third-order valence-electron chi connectivity index (χ3n) is 5.09. The summed E-state index contributed by atoms with van der Waals surface area (Å²) in [5, 5.41) is 3.27. The molecule has 9 heteroatoms. The Morgan fingerprint density at radius 3 is 3.00 bits per heavy atom. The van der Waals surface area contributed by atoms with E-state index in [-0.39, 0.29) is 6.04 Å². The first kappa shape index (κ1) is 17.7. The molecule has 1 aromatic carbocycles. The summed E-state index contributed by atoms with van der Waals surface area (Å²) in [7, 11) is 1.65. The van der Waals surface area contributed by atoms with Gasteiger partial charge in [0.25, 0.3) is 0 Å². The largest absolute Gasteiger partial charge is 0.494 e. The van der Waals surface area contributed by atoms with Gasteiger partial charge in [-0.2, -0.15) is 4.98 Å². The van der Waals surface area contributed by atoms with Gasteiger partial charge >= 0.3 is 0 Å². The molecule has 0 radical (unpaired) electrons. The van der Waals surface area contributed by atoms with Crippen molar-refractivity contribution in [1.29, 1.82) is 0 Å². The Kier molecular flexibility index (Phi) is 4.44. The SMILES string of the molecule is COc1cc(Nc2ncc3c(n2)N2CCOC[C@H]2CO3)ccc1-n1cnc(C)c1. The van der Waals surface area contributed by atoms with E-state index in [0.717, 1.165) is 35.2 Å². The first-order chi connectivity index (χ1) is 14.2. The summed E-state index contributed by atoms with van der Waals surface area (Å²) in [6, 6.07) is 6.05. The van der Waals surface area contributed by atoms with Crippen LogP contribution in [0, 0.1) is 6.92 Å². The molecule has 3 aromatic rings. The van der Waals surface area contributed by atoms with E-state index in [2.05, 4.69) is 20.2 Å². The number of anilines is 3. The highest BCUT2D eigenvalue weighted by atomic mass is 16.5. The molecule has 5 rings (SSSR count). The number of benzene rings is 1. The van der Waals surface area contributed by atoms with Gasteiger partial charge in [0.1, 0.15) is 12.4 Å². The monoisotopic (exact) mass is 394 g/mol. The zero-order valence-corrected chi connectivity index (χ0v) is 16.3. The van der Waals surface area contributed by atoms with E-state index in [0.29, 0.717) is 31.5 Å². The standard InChI is InChI=1S/C20H22N6O3/c1-13-9-25(12-22-13)16-4-3-14(7-17(16)27-2)23-20-21-8-18-19(24-20)26-5-6-28-10-15(26)11-29-18/h3-4,7-9,12,15H,5-6,10-11H2,1-2H3,(H,21,23,24)/t15-/m0/s1. The molecular formula is C20H22N6O3. The first-order valence-corrected chi connectivity index (χ1v) is 9.51. The van der Waals surface area contributed by atoms with Crippen molar-refractivity contribution in [3.05, 3.63) is 42.6 Å². The number of aryl methyl sites for hydroxylation is 1. The number of imidazole rings is 1. The molecule has 0 bridgehead atoms. The van der Waals surface area contributed by atoms with Crippen molar-refractivity contribution in [3.63, 3.8) is 0 Å². The summed E-state index contributed by atoms with van der Waals surface area (Å²) in [5.74, 6) is 2.74. The van der Waals surface area contributed by atoms with Crippen molar-refractivity contribution in [2.45, 2.75) is 13.0 Å². The van der Waals surface area contributed by atoms with Gasteiger partial charge in [-0.25, -0.2) is 9.97 Å². The summed E-state index contributed by atoms with van der Waals surface area (Å²) in [4.78, 5) is 15.6. The summed E-state index contributed by atoms with van der Waals surface area (Å²) in [6.07, 6.45) is 5.44. The van der Waals surface area contributed by atoms with Gasteiger partial charge in [-0.05, 0) is 19.1 Å². The lowest BCUT2D eigenvalue weighted by atomic mass is 10.2. The Labute approximate surface area is 168 Å². The quantitative estimate of drug-likeness (QED) is 0.722. The maximum absolute atomic E-state index is 5.80. The third-order valence-corrected chi connectivity index (χ3v) is 5.09. The van der Waals surface area contributed by atoms with Crippen LogP contribution < -0.4 is 19.7 Å². The van der Waals surface area contributed by atoms with E-state index in [4.69, 9.17) is 19.2 Å². The van der Waals surface area contributed by atoms with Gasteiger partial charge in [-0.1, -0.05) is 0 Å². The average Bonchev–Trinajstić information content (AvgIpc) is 3.19. The van der Waals surface area contributed by atoms with Crippen LogP contribution in [0.2, 0.25) is 0 Å². The number of aromatic nitrogens is 4. The molecule has 29 heavy (non-hydrogen) atoms. The molecule has 2 aliphatic heterocycles. The van der Waals surface area contributed by atoms with Crippen LogP contribution in [0.1, 0.15) is 5.69 Å². The van der Waals surface area contributed by atoms with E-state index in [1.807, 2.05) is 35.9 Å². The molecule has 2 aromatic heterocycles. The maximum Gasteiger partial charge on any atom is 0.229 e. The van der Waals surface area contributed by atoms with E-state index < -0.39 is 0 Å². The fraction of sp³-hybridized carbons (Fsp3) is 0.350. The Morgan fingerprint density at radius 1 is 1.24 bits per heavy atom. The van der Waals surface area contributed by atoms with Crippen LogP contribution >= 0.6 is 0 Å². The van der Waals surface area contributed by atoms with E-state index in [9.17, 15) is 0 Å². The predicted octanol–water partition coefficient (Wildman–Crippen LogP) is 2.32. The summed E-state index contributed by atoms with van der Waals surface area (Å²) in [5.41, 5.74) is 2.69. The third kappa shape index (κ3) is 3.33. The molecule has 1 saturated heterocycles. The van der Waals surface area contributed by atoms with Crippen molar-refractivity contribution in [2.24, 2.45) is 0 Å². The smallest absolute Gasteiger partial charge is 0.229 e. The fourth-order valence-electron chi connectivity index (χ4n) is 3.64. The lowest BCUT2D eigenvalue weighted by Crippen LogP contribution is -2.51. The van der Waals surface area contributed by atoms with Gasteiger partial charge in [0.2, 0.25) is 5.95 Å². The van der Waals surface area contributed by atoms with Crippen molar-refractivity contribution >= 4 is 17.5 Å². The molecule has 0 aliphatic carbocycles. The van der Waals surface area contributed by atoms with E-state index in [1.54, 1.807) is 19.6 Å². The highest BCUT2D eigenvalue weighted by molar-refractivity contribution is 5.64. The summed E-state index contributed by atoms with van der Waals surface area (Å²) >= 11 is 0. The highest BCUT2D eigenvalue weighted by Crippen LogP contribution is 2.34. The second-order valence-corrected chi connectivity index (χ2v) is 7.05. The summed E-state index contributed by atoms with van der Waals surface area (Å²) in [6.45, 7) is 4.68. The van der Waals surface area contributed by atoms with Gasteiger partial charge in [0.15, 0.2) is 11.6 Å². The van der Waals surface area contributed by atoms with Crippen molar-refractivity contribution in [1.82, 2.24) is 19.5 Å². The van der Waals surface area contributed by atoms with Crippen LogP contribution in [-0.4, -0.2) is 59.0 Å². The molecule has 1 atom stereocenters. The molecule has 0 amide bonds. The van der Waals surface area contributed by atoms with E-state index in [1.165, 1.54) is 0 Å². The van der Waals surface area contributed by atoms with Gasteiger partial charge in [-0.3, -0.25) is 0 Å². The molecule has 2 aliphatic rings. The molecule has 0 unspecified atom stereocenters. The minimum Gasteiger partial charge on any atom is -0.494 e. The normalized spacial score (nSPS) is 17.9. The van der Waals surface area contributed by atoms with Crippen LogP contribution in [0.15, 0.2) is 36.9 Å². The number of morpholine rings is 1. The lowest BCUT2D eigenvalue weighted by molar-refractivity contribution is 0.0696. The van der Waals surface area contributed by atoms with Crippen LogP contribution in [-0.2, 0) is 4.74 Å². The molecule has 150 valence electrons. The zero-order valence-electron chi connectivity index (χ0n) is 16.3. The second kappa shape index (κ2) is 7.25. The lowest BCUT2D eigenvalue weighted by Gasteiger charge is -2.40. The van der Waals surface area contributed by atoms with Gasteiger partial charge in [0, 0.05) is 24.5 Å². The van der Waals surface area contributed by atoms with Gasteiger partial charge in [-0.15, -0.1) is 0 Å². The predicted molar refractivity (Wildman–Crippen MR) is 108 cm³/mol. The van der Waals surface area contributed by atoms with Crippen molar-refractivity contribution < 1.29 is 14.2 Å². The molecular weight excluding hydrogens is 372 g/mol. The van der Waals surface area contributed by atoms with E-state index >= 15 is 0 Å². The Balaban J connectivity index is 1.42. The number of fused-ring (bicyclic) bond motifs is 3. The molecule has 9 nitrogen and oxygen atoms in total. The maximum atomic E-state index is 5.80. The minimum absolute atomic E-state index is 0.192. The number of ether oxygens (including phenoxy) is 3. The number of hydrogen-bond donors (Lipinski definition) is 1. The number of hydrogen-bond acceptors (Lipinski definition) is 8. The average molecular weight is 394 g/mol. The first-order valence-electron chi connectivity index (χ1n) is 9.51. The van der Waals surface area contributed by atoms with Crippen LogP contribution in [0.5, 0.6) is 11.5 Å². The van der Waals surface area contributed by atoms with Gasteiger partial charge in [0.05, 0.1) is 50.3 Å². The molecule has 0 saturated carbocycles. The van der Waals surface area contributed by atoms with Gasteiger partial charge < -0.3 is 29.0 Å². The highest BCUT2D eigenvalue weighted by Gasteiger charge is 2.32. The number of nitrogens with zero attached hydrogens (tertiary/aromatic N) is 5. The number of nitrogens with one attached hydrogen (secondary N) is 1. The Morgan fingerprint density at radius 2 is 2.17 bits per heavy atom. The molecule has 1 fully saturated rings. The van der Waals surface area contributed by atoms with Crippen molar-refractivity contribution in [3.8, 4) is 17.2 Å². The topological polar surface area (TPSA) is 86.6 Å². The fourth-order valence-corrected chi connectivity index (χ4v) is 3.64. The Bertz CT molecular complexity index is 1040. The van der Waals surface area contributed by atoms with Crippen LogP contribution in [0.4, 0.5) is 17.5 Å². The Hall–Kier alpha value is -3.33. The zero-order chi connectivity index (χ0) is 19.8. The summed E-state index contributed by atoms with van der Waals surface area (Å²) < 4.78 is 18.9. The van der Waals surface area contributed by atoms with Crippen molar-refractivity contribution in [2.75, 3.05) is 43.7 Å². The molecule has 4 heterocycles. The molecule has 1 N–H and O–H groups in total. The second-order valence-electron chi connectivity index (χ2n) is 7.05.